The Kier molecular flexibility index (Phi) is 5.52. The molecule has 6 heteroatoms. The number of nitrogens with zero attached hydrogens (tertiary/aromatic N) is 6. The highest BCUT2D eigenvalue weighted by Gasteiger charge is 2.20. The predicted molar refractivity (Wildman–Crippen MR) is 127 cm³/mol. The summed E-state index contributed by atoms with van der Waals surface area (Å²) in [5.41, 5.74) is 7.22. The molecular formula is C26H28N6. The van der Waals surface area contributed by atoms with Crippen LogP contribution in [0.25, 0.3) is 28.2 Å². The fourth-order valence-electron chi connectivity index (χ4n) is 4.56. The Hall–Kier alpha value is -3.40. The maximum absolute atomic E-state index is 9.19. The van der Waals surface area contributed by atoms with Crippen molar-refractivity contribution < 1.29 is 0 Å². The van der Waals surface area contributed by atoms with Gasteiger partial charge in [-0.15, -0.1) is 0 Å². The Morgan fingerprint density at radius 3 is 2.50 bits per heavy atom. The fraction of sp³-hybridized carbons (Fsp3) is 0.308. The molecule has 0 radical (unpaired) electrons. The van der Waals surface area contributed by atoms with Gasteiger partial charge in [-0.05, 0) is 63.0 Å². The number of likely N-dealkylation sites (N-methyl/N-ethyl adjacent to an activating group) is 1. The van der Waals surface area contributed by atoms with Crippen LogP contribution < -0.4 is 0 Å². The van der Waals surface area contributed by atoms with E-state index in [0.29, 0.717) is 5.56 Å². The third-order valence-corrected chi connectivity index (χ3v) is 6.43. The smallest absolute Gasteiger partial charge is 0.137 e. The molecule has 0 N–H and O–H groups in total. The third-order valence-electron chi connectivity index (χ3n) is 6.43. The summed E-state index contributed by atoms with van der Waals surface area (Å²) in [5.74, 6) is 0. The minimum atomic E-state index is 0.667. The van der Waals surface area contributed by atoms with Gasteiger partial charge < -0.3 is 13.9 Å². The molecular weight excluding hydrogens is 396 g/mol. The quantitative estimate of drug-likeness (QED) is 0.497. The van der Waals surface area contributed by atoms with Crippen LogP contribution in [-0.4, -0.2) is 57.0 Å². The standard InChI is InChI=1S/C26H28N6/c1-29-12-4-14-31(16-15-29)19-24-26(21-8-6-20(17-27)7-9-21)28-25-11-10-22(18-32(24)25)23-5-3-13-30(23)2/h3,5-11,13,18H,4,12,14-16,19H2,1-2H3. The Bertz CT molecular complexity index is 1270. The van der Waals surface area contributed by atoms with E-state index < -0.39 is 0 Å². The number of pyridine rings is 1. The minimum Gasteiger partial charge on any atom is -0.351 e. The molecule has 6 nitrogen and oxygen atoms in total. The second-order valence-corrected chi connectivity index (χ2v) is 8.68. The van der Waals surface area contributed by atoms with Gasteiger partial charge in [-0.3, -0.25) is 4.90 Å². The van der Waals surface area contributed by atoms with Crippen LogP contribution in [0, 0.1) is 11.3 Å². The summed E-state index contributed by atoms with van der Waals surface area (Å²) >= 11 is 0. The van der Waals surface area contributed by atoms with Crippen molar-refractivity contribution in [3.8, 4) is 28.6 Å². The molecule has 0 aliphatic carbocycles. The molecule has 1 saturated heterocycles. The summed E-state index contributed by atoms with van der Waals surface area (Å²) in [6.45, 7) is 5.21. The Labute approximate surface area is 188 Å². The van der Waals surface area contributed by atoms with Crippen molar-refractivity contribution in [3.05, 3.63) is 72.2 Å². The molecule has 3 aromatic heterocycles. The lowest BCUT2D eigenvalue weighted by Gasteiger charge is -2.21. The van der Waals surface area contributed by atoms with Gasteiger partial charge in [0.05, 0.1) is 23.0 Å². The lowest BCUT2D eigenvalue weighted by Crippen LogP contribution is -2.29. The van der Waals surface area contributed by atoms with Gasteiger partial charge in [-0.2, -0.15) is 5.26 Å². The highest BCUT2D eigenvalue weighted by Crippen LogP contribution is 2.29. The van der Waals surface area contributed by atoms with Crippen molar-refractivity contribution in [2.24, 2.45) is 7.05 Å². The van der Waals surface area contributed by atoms with Gasteiger partial charge in [0.1, 0.15) is 5.65 Å². The van der Waals surface area contributed by atoms with Crippen LogP contribution in [0.5, 0.6) is 0 Å². The van der Waals surface area contributed by atoms with Gasteiger partial charge in [0, 0.05) is 55.9 Å². The Balaban J connectivity index is 1.61. The number of hydrogen-bond acceptors (Lipinski definition) is 4. The molecule has 0 bridgehead atoms. The van der Waals surface area contributed by atoms with E-state index >= 15 is 0 Å². The van der Waals surface area contributed by atoms with Gasteiger partial charge in [-0.25, -0.2) is 4.98 Å². The van der Waals surface area contributed by atoms with Crippen LogP contribution in [-0.2, 0) is 13.6 Å². The van der Waals surface area contributed by atoms with Crippen LogP contribution in [0.15, 0.2) is 60.9 Å². The number of imidazole rings is 1. The first kappa shape index (κ1) is 20.5. The maximum atomic E-state index is 9.19. The highest BCUT2D eigenvalue weighted by molar-refractivity contribution is 5.69. The SMILES string of the molecule is CN1CCCN(Cc2c(-c3ccc(C#N)cc3)nc3ccc(-c4cccn4C)cn23)CC1. The second-order valence-electron chi connectivity index (χ2n) is 8.68. The Morgan fingerprint density at radius 2 is 1.75 bits per heavy atom. The zero-order valence-electron chi connectivity index (χ0n) is 18.7. The van der Waals surface area contributed by atoms with E-state index in [1.54, 1.807) is 0 Å². The van der Waals surface area contributed by atoms with Gasteiger partial charge in [0.25, 0.3) is 0 Å². The molecule has 0 spiro atoms. The van der Waals surface area contributed by atoms with Crippen molar-refractivity contribution in [2.45, 2.75) is 13.0 Å². The van der Waals surface area contributed by atoms with Crippen molar-refractivity contribution >= 4 is 5.65 Å². The Morgan fingerprint density at radius 1 is 0.938 bits per heavy atom. The van der Waals surface area contributed by atoms with Gasteiger partial charge >= 0.3 is 0 Å². The summed E-state index contributed by atoms with van der Waals surface area (Å²) in [7, 11) is 4.27. The topological polar surface area (TPSA) is 52.5 Å². The zero-order chi connectivity index (χ0) is 22.1. The van der Waals surface area contributed by atoms with Crippen molar-refractivity contribution in [2.75, 3.05) is 33.2 Å². The maximum Gasteiger partial charge on any atom is 0.137 e. The number of aryl methyl sites for hydroxylation is 1. The van der Waals surface area contributed by atoms with Crippen LogP contribution >= 0.6 is 0 Å². The van der Waals surface area contributed by atoms with Crippen molar-refractivity contribution in [1.82, 2.24) is 23.8 Å². The summed E-state index contributed by atoms with van der Waals surface area (Å²) < 4.78 is 4.40. The molecule has 0 saturated carbocycles. The first-order valence-electron chi connectivity index (χ1n) is 11.2. The normalized spacial score (nSPS) is 15.7. The number of nitriles is 1. The summed E-state index contributed by atoms with van der Waals surface area (Å²) in [5, 5.41) is 9.19. The van der Waals surface area contributed by atoms with E-state index in [1.807, 2.05) is 24.3 Å². The number of fused-ring (bicyclic) bond motifs is 1. The number of hydrogen-bond donors (Lipinski definition) is 0. The number of benzene rings is 1. The molecule has 1 aliphatic rings. The molecule has 0 unspecified atom stereocenters. The molecule has 1 aromatic carbocycles. The van der Waals surface area contributed by atoms with E-state index in [1.165, 1.54) is 23.4 Å². The fourth-order valence-corrected chi connectivity index (χ4v) is 4.56. The zero-order valence-corrected chi connectivity index (χ0v) is 18.7. The largest absolute Gasteiger partial charge is 0.351 e. The van der Waals surface area contributed by atoms with Crippen molar-refractivity contribution in [3.63, 3.8) is 0 Å². The van der Waals surface area contributed by atoms with E-state index in [0.717, 1.165) is 49.6 Å². The summed E-state index contributed by atoms with van der Waals surface area (Å²) in [6.07, 6.45) is 5.46. The van der Waals surface area contributed by atoms with Crippen LogP contribution in [0.2, 0.25) is 0 Å². The predicted octanol–water partition coefficient (Wildman–Crippen LogP) is 4.02. The monoisotopic (exact) mass is 424 g/mol. The van der Waals surface area contributed by atoms with E-state index in [-0.39, 0.29) is 0 Å². The van der Waals surface area contributed by atoms with Gasteiger partial charge in [0.15, 0.2) is 0 Å². The molecule has 4 aromatic rings. The average molecular weight is 425 g/mol. The highest BCUT2D eigenvalue weighted by atomic mass is 15.2. The lowest BCUT2D eigenvalue weighted by molar-refractivity contribution is 0.266. The first-order chi connectivity index (χ1) is 15.6. The lowest BCUT2D eigenvalue weighted by atomic mass is 10.1. The van der Waals surface area contributed by atoms with Crippen LogP contribution in [0.4, 0.5) is 0 Å². The molecule has 1 fully saturated rings. The number of rotatable bonds is 4. The molecule has 4 heterocycles. The molecule has 1 aliphatic heterocycles. The first-order valence-corrected chi connectivity index (χ1v) is 11.2. The minimum absolute atomic E-state index is 0.667. The van der Waals surface area contributed by atoms with Gasteiger partial charge in [-0.1, -0.05) is 12.1 Å². The van der Waals surface area contributed by atoms with Crippen LogP contribution in [0.3, 0.4) is 0 Å². The van der Waals surface area contributed by atoms with Gasteiger partial charge in [0.2, 0.25) is 0 Å². The molecule has 0 amide bonds. The molecule has 5 rings (SSSR count). The van der Waals surface area contributed by atoms with E-state index in [4.69, 9.17) is 4.98 Å². The third kappa shape index (κ3) is 3.93. The molecule has 32 heavy (non-hydrogen) atoms. The van der Waals surface area contributed by atoms with E-state index in [2.05, 4.69) is 75.6 Å². The van der Waals surface area contributed by atoms with Crippen molar-refractivity contribution in [1.29, 1.82) is 5.26 Å². The molecule has 162 valence electrons. The number of aromatic nitrogens is 3. The summed E-state index contributed by atoms with van der Waals surface area (Å²) in [4.78, 5) is 9.97. The second kappa shape index (κ2) is 8.62. The molecule has 0 atom stereocenters. The average Bonchev–Trinajstić information content (AvgIpc) is 3.33. The van der Waals surface area contributed by atoms with Crippen LogP contribution in [0.1, 0.15) is 17.7 Å². The van der Waals surface area contributed by atoms with E-state index in [9.17, 15) is 5.26 Å². The summed E-state index contributed by atoms with van der Waals surface area (Å²) in [6, 6.07) is 18.5.